The van der Waals surface area contributed by atoms with Crippen molar-refractivity contribution in [3.63, 3.8) is 0 Å². The number of rotatable bonds is 6. The number of carbonyl (C=O) groups is 2. The van der Waals surface area contributed by atoms with Crippen LogP contribution >= 0.6 is 0 Å². The Labute approximate surface area is 171 Å². The van der Waals surface area contributed by atoms with Crippen LogP contribution in [0.5, 0.6) is 0 Å². The molecule has 1 aromatic rings. The lowest BCUT2D eigenvalue weighted by Gasteiger charge is -2.39. The number of hydrogen-bond acceptors (Lipinski definition) is 5. The van der Waals surface area contributed by atoms with E-state index in [9.17, 15) is 14.0 Å². The maximum Gasteiger partial charge on any atom is 0.315 e. The second kappa shape index (κ2) is 8.57. The molecule has 1 aromatic carbocycles. The van der Waals surface area contributed by atoms with Gasteiger partial charge in [0.2, 0.25) is 0 Å². The van der Waals surface area contributed by atoms with Crippen molar-refractivity contribution in [2.45, 2.75) is 46.5 Å². The van der Waals surface area contributed by atoms with Gasteiger partial charge >= 0.3 is 5.97 Å². The second-order valence-electron chi connectivity index (χ2n) is 8.43. The van der Waals surface area contributed by atoms with Gasteiger partial charge in [-0.05, 0) is 43.4 Å². The molecule has 1 aliphatic carbocycles. The molecule has 0 aromatic heterocycles. The van der Waals surface area contributed by atoms with Gasteiger partial charge in [-0.2, -0.15) is 0 Å². The molecule has 3 rings (SSSR count). The number of ketones is 1. The molecule has 0 spiro atoms. The summed E-state index contributed by atoms with van der Waals surface area (Å²) in [5.74, 6) is -2.26. The third-order valence-corrected chi connectivity index (χ3v) is 5.44. The van der Waals surface area contributed by atoms with E-state index in [4.69, 9.17) is 9.47 Å². The maximum absolute atomic E-state index is 14.0. The van der Waals surface area contributed by atoms with Crippen molar-refractivity contribution in [3.05, 3.63) is 46.9 Å². The van der Waals surface area contributed by atoms with Gasteiger partial charge in [-0.25, -0.2) is 4.39 Å². The number of esters is 1. The molecule has 156 valence electrons. The Balaban J connectivity index is 2.02. The summed E-state index contributed by atoms with van der Waals surface area (Å²) in [5.41, 5.74) is 2.21. The predicted octanol–water partition coefficient (Wildman–Crippen LogP) is 4.22. The van der Waals surface area contributed by atoms with Crippen molar-refractivity contribution in [1.82, 2.24) is 0 Å². The molecule has 1 heterocycles. The molecule has 0 N–H and O–H groups in total. The van der Waals surface area contributed by atoms with E-state index in [1.165, 1.54) is 12.1 Å². The fourth-order valence-electron chi connectivity index (χ4n) is 4.25. The van der Waals surface area contributed by atoms with Crippen LogP contribution in [0.4, 0.5) is 4.39 Å². The Hall–Kier alpha value is -2.34. The van der Waals surface area contributed by atoms with Crippen molar-refractivity contribution < 1.29 is 23.5 Å². The molecule has 6 heteroatoms. The summed E-state index contributed by atoms with van der Waals surface area (Å²) in [4.78, 5) is 30.7. The standard InChI is InChI=1S/C23H28FNO4/c1-5-28-9-10-29-22(27)19-14(2)25-17-12-23(3,4)13-18(26)21(17)20(19)15-7-6-8-16(24)11-15/h6-8,11,19-20H,5,9-10,12-13H2,1-4H3/t19?,20-/m1/s1. The van der Waals surface area contributed by atoms with Gasteiger partial charge in [0.25, 0.3) is 0 Å². The molecule has 0 saturated heterocycles. The van der Waals surface area contributed by atoms with Crippen LogP contribution in [0.3, 0.4) is 0 Å². The number of Topliss-reactive ketones (excluding diaryl/α,β-unsaturated/α-hetero) is 1. The van der Waals surface area contributed by atoms with E-state index in [2.05, 4.69) is 4.99 Å². The van der Waals surface area contributed by atoms with Crippen LogP contribution < -0.4 is 0 Å². The molecule has 1 unspecified atom stereocenters. The van der Waals surface area contributed by atoms with Crippen LogP contribution in [0.1, 0.15) is 52.0 Å². The highest BCUT2D eigenvalue weighted by Crippen LogP contribution is 2.47. The van der Waals surface area contributed by atoms with E-state index in [1.807, 2.05) is 20.8 Å². The number of allylic oxidation sites excluding steroid dienone is 2. The summed E-state index contributed by atoms with van der Waals surface area (Å²) >= 11 is 0. The minimum atomic E-state index is -0.762. The third kappa shape index (κ3) is 4.64. The molecule has 0 amide bonds. The number of aliphatic imine (C=N–C) groups is 1. The Bertz CT molecular complexity index is 871. The van der Waals surface area contributed by atoms with Gasteiger partial charge in [0.05, 0.1) is 6.61 Å². The first kappa shape index (κ1) is 21.4. The lowest BCUT2D eigenvalue weighted by atomic mass is 9.67. The zero-order valence-corrected chi connectivity index (χ0v) is 17.5. The van der Waals surface area contributed by atoms with Crippen molar-refractivity contribution in [2.24, 2.45) is 16.3 Å². The molecule has 0 fully saturated rings. The molecule has 2 atom stereocenters. The topological polar surface area (TPSA) is 65.0 Å². The third-order valence-electron chi connectivity index (χ3n) is 5.44. The van der Waals surface area contributed by atoms with Gasteiger partial charge in [0.1, 0.15) is 18.3 Å². The van der Waals surface area contributed by atoms with Gasteiger partial charge in [0.15, 0.2) is 5.78 Å². The van der Waals surface area contributed by atoms with Crippen LogP contribution in [-0.2, 0) is 19.1 Å². The van der Waals surface area contributed by atoms with Crippen molar-refractivity contribution in [2.75, 3.05) is 19.8 Å². The van der Waals surface area contributed by atoms with Gasteiger partial charge in [-0.3, -0.25) is 14.6 Å². The van der Waals surface area contributed by atoms with Gasteiger partial charge < -0.3 is 9.47 Å². The van der Waals surface area contributed by atoms with Crippen molar-refractivity contribution >= 4 is 17.5 Å². The quantitative estimate of drug-likeness (QED) is 0.529. The molecule has 0 bridgehead atoms. The number of benzene rings is 1. The summed E-state index contributed by atoms with van der Waals surface area (Å²) in [6, 6.07) is 6.09. The SMILES string of the molecule is CCOCCOC(=O)C1C(C)=NC2=C(C(=O)CC(C)(C)C2)[C@@H]1c1cccc(F)c1. The number of carbonyl (C=O) groups excluding carboxylic acids is 2. The molecule has 1 aliphatic heterocycles. The Morgan fingerprint density at radius 2 is 2.03 bits per heavy atom. The highest BCUT2D eigenvalue weighted by molar-refractivity contribution is 6.09. The van der Waals surface area contributed by atoms with Gasteiger partial charge in [0, 0.05) is 35.9 Å². The number of ether oxygens (including phenoxy) is 2. The Morgan fingerprint density at radius 1 is 1.28 bits per heavy atom. The molecular formula is C23H28FNO4. The number of hydrogen-bond donors (Lipinski definition) is 0. The van der Waals surface area contributed by atoms with E-state index in [0.717, 1.165) is 0 Å². The zero-order chi connectivity index (χ0) is 21.2. The van der Waals surface area contributed by atoms with Crippen molar-refractivity contribution in [3.8, 4) is 0 Å². The van der Waals surface area contributed by atoms with E-state index in [-0.39, 0.29) is 17.8 Å². The largest absolute Gasteiger partial charge is 0.463 e. The molecular weight excluding hydrogens is 373 g/mol. The second-order valence-corrected chi connectivity index (χ2v) is 8.43. The normalized spacial score (nSPS) is 23.5. The van der Waals surface area contributed by atoms with Gasteiger partial charge in [-0.15, -0.1) is 0 Å². The van der Waals surface area contributed by atoms with E-state index in [0.29, 0.717) is 48.6 Å². The van der Waals surface area contributed by atoms with Crippen LogP contribution in [0.2, 0.25) is 0 Å². The Kier molecular flexibility index (Phi) is 6.32. The van der Waals surface area contributed by atoms with E-state index >= 15 is 0 Å². The van der Waals surface area contributed by atoms with Crippen LogP contribution in [0.25, 0.3) is 0 Å². The monoisotopic (exact) mass is 401 g/mol. The smallest absolute Gasteiger partial charge is 0.315 e. The predicted molar refractivity (Wildman–Crippen MR) is 108 cm³/mol. The first-order valence-corrected chi connectivity index (χ1v) is 10.0. The maximum atomic E-state index is 14.0. The minimum absolute atomic E-state index is 0.0334. The molecule has 0 saturated carbocycles. The zero-order valence-electron chi connectivity index (χ0n) is 17.5. The average molecular weight is 401 g/mol. The first-order valence-electron chi connectivity index (χ1n) is 10.0. The van der Waals surface area contributed by atoms with Crippen LogP contribution in [0, 0.1) is 17.2 Å². The lowest BCUT2D eigenvalue weighted by Crippen LogP contribution is -2.39. The summed E-state index contributed by atoms with van der Waals surface area (Å²) in [5, 5.41) is 0. The summed E-state index contributed by atoms with van der Waals surface area (Å²) in [6.07, 6.45) is 1.02. The van der Waals surface area contributed by atoms with Crippen LogP contribution in [0.15, 0.2) is 40.5 Å². The molecule has 2 aliphatic rings. The summed E-state index contributed by atoms with van der Waals surface area (Å²) in [7, 11) is 0. The fraction of sp³-hybridized carbons (Fsp3) is 0.522. The number of nitrogens with zero attached hydrogens (tertiary/aromatic N) is 1. The van der Waals surface area contributed by atoms with Gasteiger partial charge in [-0.1, -0.05) is 26.0 Å². The highest BCUT2D eigenvalue weighted by Gasteiger charge is 2.46. The summed E-state index contributed by atoms with van der Waals surface area (Å²) < 4.78 is 24.7. The number of halogens is 1. The summed E-state index contributed by atoms with van der Waals surface area (Å²) in [6.45, 7) is 8.67. The molecule has 29 heavy (non-hydrogen) atoms. The molecule has 5 nitrogen and oxygen atoms in total. The van der Waals surface area contributed by atoms with Crippen molar-refractivity contribution in [1.29, 1.82) is 0 Å². The van der Waals surface area contributed by atoms with E-state index in [1.54, 1.807) is 19.1 Å². The average Bonchev–Trinajstić information content (AvgIpc) is 2.63. The van der Waals surface area contributed by atoms with E-state index < -0.39 is 23.6 Å². The first-order chi connectivity index (χ1) is 13.7. The molecule has 0 radical (unpaired) electrons. The van der Waals surface area contributed by atoms with Crippen LogP contribution in [-0.4, -0.2) is 37.3 Å². The lowest BCUT2D eigenvalue weighted by molar-refractivity contribution is -0.148. The fourth-order valence-corrected chi connectivity index (χ4v) is 4.25. The highest BCUT2D eigenvalue weighted by atomic mass is 19.1. The minimum Gasteiger partial charge on any atom is -0.463 e. The Morgan fingerprint density at radius 3 is 2.72 bits per heavy atom.